The highest BCUT2D eigenvalue weighted by atomic mass is 16.1. The molecule has 0 bridgehead atoms. The van der Waals surface area contributed by atoms with Gasteiger partial charge in [0, 0.05) is 31.3 Å². The number of nitrogens with zero attached hydrogens (tertiary/aromatic N) is 1. The van der Waals surface area contributed by atoms with Crippen molar-refractivity contribution in [3.8, 4) is 0 Å². The highest BCUT2D eigenvalue weighted by Crippen LogP contribution is 2.26. The van der Waals surface area contributed by atoms with Crippen LogP contribution in [0.5, 0.6) is 0 Å². The monoisotopic (exact) mass is 269 g/mol. The van der Waals surface area contributed by atoms with Gasteiger partial charge < -0.3 is 10.3 Å². The van der Waals surface area contributed by atoms with E-state index in [1.165, 1.54) is 11.1 Å². The molecule has 0 spiro atoms. The first-order valence-electron chi connectivity index (χ1n) is 7.15. The number of rotatable bonds is 5. The van der Waals surface area contributed by atoms with Gasteiger partial charge >= 0.3 is 0 Å². The van der Waals surface area contributed by atoms with Crippen molar-refractivity contribution in [1.29, 1.82) is 0 Å². The molecule has 0 radical (unpaired) electrons. The Balaban J connectivity index is 1.42. The Morgan fingerprint density at radius 2 is 2.05 bits per heavy atom. The van der Waals surface area contributed by atoms with Crippen LogP contribution in [0.15, 0.2) is 36.7 Å². The van der Waals surface area contributed by atoms with Crippen LogP contribution in [0.3, 0.4) is 0 Å². The van der Waals surface area contributed by atoms with E-state index < -0.39 is 0 Å². The van der Waals surface area contributed by atoms with Gasteiger partial charge in [0.25, 0.3) is 0 Å². The predicted molar refractivity (Wildman–Crippen MR) is 77.3 cm³/mol. The lowest BCUT2D eigenvalue weighted by Crippen LogP contribution is -2.32. The van der Waals surface area contributed by atoms with E-state index in [1.54, 1.807) is 6.20 Å². The highest BCUT2D eigenvalue weighted by molar-refractivity contribution is 5.80. The molecule has 1 heterocycles. The maximum absolute atomic E-state index is 12.1. The Hall–Kier alpha value is -2.10. The molecule has 1 aliphatic carbocycles. The third-order valence-electron chi connectivity index (χ3n) is 3.87. The first kappa shape index (κ1) is 12.9. The summed E-state index contributed by atoms with van der Waals surface area (Å²) in [6, 6.07) is 8.34. The largest absolute Gasteiger partial charge is 0.356 e. The van der Waals surface area contributed by atoms with Crippen LogP contribution >= 0.6 is 0 Å². The molecule has 1 aliphatic rings. The highest BCUT2D eigenvalue weighted by Gasteiger charge is 2.26. The van der Waals surface area contributed by atoms with Crippen molar-refractivity contribution in [3.05, 3.63) is 53.6 Å². The number of benzene rings is 1. The molecule has 0 atom stereocenters. The predicted octanol–water partition coefficient (Wildman–Crippen LogP) is 1.87. The van der Waals surface area contributed by atoms with E-state index in [4.69, 9.17) is 0 Å². The third-order valence-corrected chi connectivity index (χ3v) is 3.87. The minimum absolute atomic E-state index is 0.107. The van der Waals surface area contributed by atoms with Crippen molar-refractivity contribution in [3.63, 3.8) is 0 Å². The summed E-state index contributed by atoms with van der Waals surface area (Å²) in [6.45, 7) is 0.715. The number of H-pyrrole nitrogens is 1. The fraction of sp³-hybridized carbons (Fsp3) is 0.375. The molecular formula is C16H19N3O. The van der Waals surface area contributed by atoms with E-state index in [-0.39, 0.29) is 11.8 Å². The van der Waals surface area contributed by atoms with Gasteiger partial charge in [0.05, 0.1) is 0 Å². The number of carbonyl (C=O) groups excluding carboxylic acids is 1. The Labute approximate surface area is 118 Å². The molecule has 20 heavy (non-hydrogen) atoms. The van der Waals surface area contributed by atoms with Crippen molar-refractivity contribution in [2.24, 2.45) is 5.92 Å². The van der Waals surface area contributed by atoms with Gasteiger partial charge in [-0.1, -0.05) is 24.3 Å². The molecule has 1 aromatic heterocycles. The summed E-state index contributed by atoms with van der Waals surface area (Å²) < 4.78 is 0. The van der Waals surface area contributed by atoms with Crippen LogP contribution in [-0.4, -0.2) is 22.4 Å². The van der Waals surface area contributed by atoms with Gasteiger partial charge in [0.2, 0.25) is 5.91 Å². The number of aryl methyl sites for hydroxylation is 1. The number of nitrogens with one attached hydrogen (secondary N) is 2. The molecule has 4 nitrogen and oxygen atoms in total. The number of aromatic nitrogens is 2. The first-order valence-corrected chi connectivity index (χ1v) is 7.15. The number of carbonyl (C=O) groups is 1. The zero-order valence-electron chi connectivity index (χ0n) is 11.4. The van der Waals surface area contributed by atoms with Crippen LogP contribution in [-0.2, 0) is 24.1 Å². The lowest BCUT2D eigenvalue weighted by Gasteiger charge is -2.09. The lowest BCUT2D eigenvalue weighted by atomic mass is 10.1. The molecule has 2 aromatic rings. The Bertz CT molecular complexity index is 552. The Morgan fingerprint density at radius 1 is 1.30 bits per heavy atom. The van der Waals surface area contributed by atoms with Crippen LogP contribution in [0.2, 0.25) is 0 Å². The van der Waals surface area contributed by atoms with Gasteiger partial charge in [-0.25, -0.2) is 4.98 Å². The molecule has 1 amide bonds. The summed E-state index contributed by atoms with van der Waals surface area (Å²) in [4.78, 5) is 19.4. The minimum Gasteiger partial charge on any atom is -0.356 e. The maximum Gasteiger partial charge on any atom is 0.223 e. The van der Waals surface area contributed by atoms with Gasteiger partial charge in [-0.3, -0.25) is 4.79 Å². The first-order chi connectivity index (χ1) is 9.83. The van der Waals surface area contributed by atoms with Crippen molar-refractivity contribution in [2.45, 2.75) is 25.7 Å². The standard InChI is InChI=1S/C16H19N3O/c20-16(19-7-3-6-15-17-8-9-18-15)14-10-12-4-1-2-5-13(12)11-14/h1-2,4-5,8-9,14H,3,6-7,10-11H2,(H,17,18)(H,19,20). The van der Waals surface area contributed by atoms with Gasteiger partial charge in [0.1, 0.15) is 5.82 Å². The van der Waals surface area contributed by atoms with E-state index in [0.717, 1.165) is 31.5 Å². The maximum atomic E-state index is 12.1. The van der Waals surface area contributed by atoms with Crippen molar-refractivity contribution >= 4 is 5.91 Å². The molecule has 1 aromatic carbocycles. The number of hydrogen-bond acceptors (Lipinski definition) is 2. The summed E-state index contributed by atoms with van der Waals surface area (Å²) in [7, 11) is 0. The number of aromatic amines is 1. The molecule has 3 rings (SSSR count). The number of amides is 1. The van der Waals surface area contributed by atoms with Crippen LogP contribution in [0.1, 0.15) is 23.4 Å². The summed E-state index contributed by atoms with van der Waals surface area (Å²) in [5.74, 6) is 1.27. The van der Waals surface area contributed by atoms with E-state index in [0.29, 0.717) is 6.54 Å². The number of hydrogen-bond donors (Lipinski definition) is 2. The summed E-state index contributed by atoms with van der Waals surface area (Å²) >= 11 is 0. The average Bonchev–Trinajstić information content (AvgIpc) is 3.12. The smallest absolute Gasteiger partial charge is 0.223 e. The summed E-state index contributed by atoms with van der Waals surface area (Å²) in [5.41, 5.74) is 2.64. The van der Waals surface area contributed by atoms with Crippen LogP contribution < -0.4 is 5.32 Å². The summed E-state index contributed by atoms with van der Waals surface area (Å²) in [6.07, 6.45) is 7.12. The van der Waals surface area contributed by atoms with Crippen LogP contribution in [0.4, 0.5) is 0 Å². The average molecular weight is 269 g/mol. The fourth-order valence-electron chi connectivity index (χ4n) is 2.79. The molecule has 0 aliphatic heterocycles. The zero-order valence-corrected chi connectivity index (χ0v) is 11.4. The molecule has 2 N–H and O–H groups in total. The second-order valence-electron chi connectivity index (χ2n) is 5.30. The molecular weight excluding hydrogens is 250 g/mol. The van der Waals surface area contributed by atoms with Gasteiger partial charge in [0.15, 0.2) is 0 Å². The van der Waals surface area contributed by atoms with Crippen molar-refractivity contribution < 1.29 is 4.79 Å². The molecule has 104 valence electrons. The van der Waals surface area contributed by atoms with Gasteiger partial charge in [-0.05, 0) is 30.4 Å². The lowest BCUT2D eigenvalue weighted by molar-refractivity contribution is -0.124. The Kier molecular flexibility index (Phi) is 3.81. The normalized spacial score (nSPS) is 14.2. The van der Waals surface area contributed by atoms with Crippen LogP contribution in [0, 0.1) is 5.92 Å². The SMILES string of the molecule is O=C(NCCCc1ncc[nH]1)C1Cc2ccccc2C1. The molecule has 0 unspecified atom stereocenters. The second kappa shape index (κ2) is 5.90. The zero-order chi connectivity index (χ0) is 13.8. The van der Waals surface area contributed by atoms with Crippen LogP contribution in [0.25, 0.3) is 0 Å². The second-order valence-corrected chi connectivity index (χ2v) is 5.30. The topological polar surface area (TPSA) is 57.8 Å². The van der Waals surface area contributed by atoms with E-state index in [1.807, 2.05) is 18.3 Å². The van der Waals surface area contributed by atoms with Gasteiger partial charge in [-0.2, -0.15) is 0 Å². The molecule has 4 heteroatoms. The van der Waals surface area contributed by atoms with E-state index in [9.17, 15) is 4.79 Å². The molecule has 0 fully saturated rings. The number of imidazole rings is 1. The number of fused-ring (bicyclic) bond motifs is 1. The third kappa shape index (κ3) is 2.90. The summed E-state index contributed by atoms with van der Waals surface area (Å²) in [5, 5.41) is 3.04. The Morgan fingerprint density at radius 3 is 2.70 bits per heavy atom. The van der Waals surface area contributed by atoms with Crippen molar-refractivity contribution in [1.82, 2.24) is 15.3 Å². The minimum atomic E-state index is 0.107. The fourth-order valence-corrected chi connectivity index (χ4v) is 2.79. The van der Waals surface area contributed by atoms with Gasteiger partial charge in [-0.15, -0.1) is 0 Å². The van der Waals surface area contributed by atoms with E-state index >= 15 is 0 Å². The van der Waals surface area contributed by atoms with Crippen molar-refractivity contribution in [2.75, 3.05) is 6.54 Å². The molecule has 0 saturated carbocycles. The quantitative estimate of drug-likeness (QED) is 0.814. The molecule has 0 saturated heterocycles. The van der Waals surface area contributed by atoms with E-state index in [2.05, 4.69) is 27.4 Å².